The molecule has 0 heterocycles. The van der Waals surface area contributed by atoms with Gasteiger partial charge in [0, 0.05) is 0 Å². The molecule has 0 amide bonds. The first-order chi connectivity index (χ1) is 21.0. The van der Waals surface area contributed by atoms with Crippen LogP contribution >= 0.6 is 0 Å². The molecular formula is C44H50Cl2Zr. The quantitative estimate of drug-likeness (QED) is 0.223. The van der Waals surface area contributed by atoms with Crippen LogP contribution in [0, 0.1) is 41.5 Å². The van der Waals surface area contributed by atoms with E-state index in [1.165, 1.54) is 77.9 Å². The van der Waals surface area contributed by atoms with Crippen LogP contribution in [0.5, 0.6) is 0 Å². The van der Waals surface area contributed by atoms with Gasteiger partial charge in [-0.3, -0.25) is 0 Å². The van der Waals surface area contributed by atoms with Crippen molar-refractivity contribution in [3.63, 3.8) is 0 Å². The Bertz CT molecular complexity index is 1870. The van der Waals surface area contributed by atoms with E-state index in [4.69, 9.17) is 0 Å². The van der Waals surface area contributed by atoms with Gasteiger partial charge in [-0.05, 0) is 0 Å². The van der Waals surface area contributed by atoms with E-state index in [0.29, 0.717) is 3.63 Å². The molecule has 0 nitrogen and oxygen atoms in total. The van der Waals surface area contributed by atoms with E-state index in [1.807, 2.05) is 0 Å². The monoisotopic (exact) mass is 738 g/mol. The second kappa shape index (κ2) is 13.6. The fourth-order valence-electron chi connectivity index (χ4n) is 8.09. The molecule has 244 valence electrons. The third-order valence-electron chi connectivity index (χ3n) is 9.88. The molecule has 2 aliphatic carbocycles. The van der Waals surface area contributed by atoms with Crippen molar-refractivity contribution in [1.82, 2.24) is 0 Å². The molecule has 3 heteroatoms. The molecule has 47 heavy (non-hydrogen) atoms. The van der Waals surface area contributed by atoms with Crippen molar-refractivity contribution in [1.29, 1.82) is 0 Å². The molecule has 4 aromatic carbocycles. The predicted molar refractivity (Wildman–Crippen MR) is 193 cm³/mol. The van der Waals surface area contributed by atoms with Crippen molar-refractivity contribution >= 4 is 3.27 Å². The Balaban J connectivity index is 0.00000250. The van der Waals surface area contributed by atoms with Gasteiger partial charge in [0.1, 0.15) is 0 Å². The molecular weight excluding hydrogens is 691 g/mol. The first-order valence-corrected chi connectivity index (χ1v) is 19.4. The predicted octanol–water partition coefficient (Wildman–Crippen LogP) is 5.67. The summed E-state index contributed by atoms with van der Waals surface area (Å²) in [5, 5.41) is 0. The van der Waals surface area contributed by atoms with Crippen molar-refractivity contribution < 1.29 is 48.0 Å². The minimum Gasteiger partial charge on any atom is -1.00 e. The zero-order valence-corrected chi connectivity index (χ0v) is 34.4. The summed E-state index contributed by atoms with van der Waals surface area (Å²) in [5.74, 6) is 0. The number of hydrogen-bond acceptors (Lipinski definition) is 0. The van der Waals surface area contributed by atoms with Crippen LogP contribution < -0.4 is 28.1 Å². The fraction of sp³-hybridized carbons (Fsp3) is 0.364. The third-order valence-corrected chi connectivity index (χ3v) is 13.7. The number of fused-ring (bicyclic) bond motifs is 3. The average Bonchev–Trinajstić information content (AvgIpc) is 3.54. The van der Waals surface area contributed by atoms with Crippen LogP contribution in [0.25, 0.3) is 33.4 Å². The second-order valence-electron chi connectivity index (χ2n) is 15.9. The second-order valence-corrected chi connectivity index (χ2v) is 19.5. The van der Waals surface area contributed by atoms with Crippen molar-refractivity contribution in [2.45, 2.75) is 104 Å². The van der Waals surface area contributed by atoms with Crippen LogP contribution in [0.1, 0.15) is 97.2 Å². The SMILES string of the molecule is Cc1cc(C)c(-c2cc3c(cc2C(C)(C)C)-c2cc(C(C)(C)C)c(-c4c(C)cc(C)cc4C)[c]([Zr+2][CH]4C=CC=C4)c2C3)c(C)c1.[Cl-].[Cl-]. The van der Waals surface area contributed by atoms with Gasteiger partial charge in [0.15, 0.2) is 0 Å². The van der Waals surface area contributed by atoms with Gasteiger partial charge in [-0.1, -0.05) is 0 Å². The molecule has 0 spiro atoms. The maximum atomic E-state index is 2.62. The largest absolute Gasteiger partial charge is 1.00 e. The minimum absolute atomic E-state index is 0. The first kappa shape index (κ1) is 37.6. The number of hydrogen-bond donors (Lipinski definition) is 0. The normalized spacial score (nSPS) is 13.6. The number of allylic oxidation sites excluding steroid dienone is 4. The number of benzene rings is 4. The smallest absolute Gasteiger partial charge is 1.00 e. The topological polar surface area (TPSA) is 0 Å². The Kier molecular flexibility index (Phi) is 10.9. The Hall–Kier alpha value is -2.18. The summed E-state index contributed by atoms with van der Waals surface area (Å²) in [6.07, 6.45) is 10.5. The molecule has 0 N–H and O–H groups in total. The molecule has 0 fully saturated rings. The summed E-state index contributed by atoms with van der Waals surface area (Å²) < 4.78 is 2.31. The van der Waals surface area contributed by atoms with Gasteiger partial charge in [-0.25, -0.2) is 0 Å². The molecule has 0 saturated carbocycles. The summed E-state index contributed by atoms with van der Waals surface area (Å²) in [4.78, 5) is 0. The minimum atomic E-state index is -1.03. The van der Waals surface area contributed by atoms with Gasteiger partial charge in [0.2, 0.25) is 0 Å². The van der Waals surface area contributed by atoms with Crippen LogP contribution in [-0.4, -0.2) is 0 Å². The molecule has 0 aliphatic heterocycles. The standard InChI is InChI=1S/C39H45.C5H5.2ClH.Zr/c1-22-13-24(3)36(25(4)14-22)32-18-28-17-29-19-33(37-26(5)15-23(2)16-27(37)6)35(39(10,11)12)21-31(29)30(28)20-34(32)38(7,8)9;1-2-4-5-3-1;;;/h13-16,18,20-21H,17H2,1-12H3;1-5H;2*1H;/q;;;;+2/p-2. The zero-order chi connectivity index (χ0) is 32.6. The molecule has 0 unspecified atom stereocenters. The number of aryl methyl sites for hydroxylation is 6. The van der Waals surface area contributed by atoms with Crippen molar-refractivity contribution in [3.05, 3.63) is 122 Å². The molecule has 0 radical (unpaired) electrons. The summed E-state index contributed by atoms with van der Waals surface area (Å²) in [6.45, 7) is 28.1. The van der Waals surface area contributed by atoms with Crippen LogP contribution in [0.15, 0.2) is 66.8 Å². The van der Waals surface area contributed by atoms with Gasteiger partial charge in [0.25, 0.3) is 0 Å². The molecule has 2 aliphatic rings. The van der Waals surface area contributed by atoms with E-state index >= 15 is 0 Å². The molecule has 0 aromatic heterocycles. The number of rotatable bonds is 4. The molecule has 4 aromatic rings. The Labute approximate surface area is 309 Å². The number of halogens is 2. The van der Waals surface area contributed by atoms with Crippen LogP contribution in [0.4, 0.5) is 0 Å². The molecule has 6 rings (SSSR count). The van der Waals surface area contributed by atoms with Gasteiger partial charge < -0.3 is 24.8 Å². The summed E-state index contributed by atoms with van der Waals surface area (Å²) in [5.41, 5.74) is 23.3. The van der Waals surface area contributed by atoms with Crippen molar-refractivity contribution in [2.75, 3.05) is 0 Å². The van der Waals surface area contributed by atoms with Crippen LogP contribution in [-0.2, 0) is 40.5 Å². The summed E-state index contributed by atoms with van der Waals surface area (Å²) in [6, 6.07) is 17.3. The Morgan fingerprint density at radius 1 is 0.532 bits per heavy atom. The maximum absolute atomic E-state index is 2.62. The van der Waals surface area contributed by atoms with Gasteiger partial charge in [-0.15, -0.1) is 0 Å². The molecule has 0 atom stereocenters. The van der Waals surface area contributed by atoms with E-state index in [1.54, 1.807) is 14.4 Å². The van der Waals surface area contributed by atoms with Crippen LogP contribution in [0.2, 0.25) is 3.63 Å². The van der Waals surface area contributed by atoms with E-state index < -0.39 is 23.2 Å². The van der Waals surface area contributed by atoms with E-state index in [2.05, 4.69) is 150 Å². The molecule has 0 bridgehead atoms. The third kappa shape index (κ3) is 6.98. The summed E-state index contributed by atoms with van der Waals surface area (Å²) >= 11 is -1.03. The average molecular weight is 741 g/mol. The summed E-state index contributed by atoms with van der Waals surface area (Å²) in [7, 11) is 0. The van der Waals surface area contributed by atoms with Crippen LogP contribution in [0.3, 0.4) is 0 Å². The van der Waals surface area contributed by atoms with Crippen molar-refractivity contribution in [3.8, 4) is 33.4 Å². The Morgan fingerprint density at radius 2 is 1.00 bits per heavy atom. The first-order valence-electron chi connectivity index (χ1n) is 16.7. The van der Waals surface area contributed by atoms with Gasteiger partial charge in [-0.2, -0.15) is 0 Å². The van der Waals surface area contributed by atoms with Gasteiger partial charge in [0.05, 0.1) is 0 Å². The zero-order valence-electron chi connectivity index (χ0n) is 30.4. The van der Waals surface area contributed by atoms with Gasteiger partial charge >= 0.3 is 286 Å². The maximum Gasteiger partial charge on any atom is -1.00 e. The fourth-order valence-corrected chi connectivity index (χ4v) is 11.9. The van der Waals surface area contributed by atoms with E-state index in [9.17, 15) is 0 Å². The van der Waals surface area contributed by atoms with Crippen molar-refractivity contribution in [2.24, 2.45) is 0 Å². The molecule has 0 saturated heterocycles. The van der Waals surface area contributed by atoms with E-state index in [-0.39, 0.29) is 35.6 Å². The van der Waals surface area contributed by atoms with E-state index in [0.717, 1.165) is 6.42 Å². The Morgan fingerprint density at radius 3 is 1.49 bits per heavy atom.